The fourth-order valence-corrected chi connectivity index (χ4v) is 2.16. The molecule has 1 aromatic rings. The summed E-state index contributed by atoms with van der Waals surface area (Å²) in [5.41, 5.74) is 1.16. The fourth-order valence-electron chi connectivity index (χ4n) is 1.34. The third kappa shape index (κ3) is 3.13. The zero-order valence-electron chi connectivity index (χ0n) is 8.89. The van der Waals surface area contributed by atoms with Gasteiger partial charge in [-0.15, -0.1) is 0 Å². The van der Waals surface area contributed by atoms with Crippen molar-refractivity contribution in [3.05, 3.63) is 26.8 Å². The summed E-state index contributed by atoms with van der Waals surface area (Å²) in [6, 6.07) is 3.09. The van der Waals surface area contributed by atoms with Crippen LogP contribution in [-0.4, -0.2) is 12.4 Å². The first-order valence-corrected chi connectivity index (χ1v) is 5.81. The molecule has 0 aliphatic carbocycles. The number of Topliss-reactive ketones (excluding diaryl/α,β-unsaturated/α-hetero) is 1. The summed E-state index contributed by atoms with van der Waals surface area (Å²) in [6.45, 7) is 0.357. The summed E-state index contributed by atoms with van der Waals surface area (Å²) in [5.74, 6) is -0.328. The van der Waals surface area contributed by atoms with Crippen LogP contribution in [0.15, 0.2) is 12.1 Å². The van der Waals surface area contributed by atoms with Gasteiger partial charge in [-0.2, -0.15) is 8.78 Å². The van der Waals surface area contributed by atoms with E-state index in [0.29, 0.717) is 0 Å². The fraction of sp³-hybridized carbons (Fsp3) is 0.364. The summed E-state index contributed by atoms with van der Waals surface area (Å²) in [4.78, 5) is 11.3. The summed E-state index contributed by atoms with van der Waals surface area (Å²) in [7, 11) is 0. The minimum absolute atomic E-state index is 0.0518. The van der Waals surface area contributed by atoms with Crippen molar-refractivity contribution in [2.75, 3.05) is 0 Å². The van der Waals surface area contributed by atoms with E-state index in [1.165, 1.54) is 13.0 Å². The van der Waals surface area contributed by atoms with Crippen LogP contribution in [0, 0.1) is 3.57 Å². The van der Waals surface area contributed by atoms with Crippen molar-refractivity contribution >= 4 is 28.4 Å². The van der Waals surface area contributed by atoms with Gasteiger partial charge in [0.15, 0.2) is 5.78 Å². The van der Waals surface area contributed by atoms with E-state index in [0.717, 1.165) is 15.6 Å². The maximum absolute atomic E-state index is 12.1. The molecular formula is C11H11F2IO2. The predicted molar refractivity (Wildman–Crippen MR) is 65.2 cm³/mol. The van der Waals surface area contributed by atoms with Gasteiger partial charge >= 0.3 is 6.61 Å². The van der Waals surface area contributed by atoms with Crippen LogP contribution in [-0.2, 0) is 6.42 Å². The van der Waals surface area contributed by atoms with Gasteiger partial charge in [0, 0.05) is 3.57 Å². The first-order chi connectivity index (χ1) is 7.45. The Balaban J connectivity index is 3.24. The number of halogens is 3. The molecule has 2 nitrogen and oxygen atoms in total. The van der Waals surface area contributed by atoms with Crippen molar-refractivity contribution in [1.29, 1.82) is 0 Å². The maximum Gasteiger partial charge on any atom is 0.387 e. The van der Waals surface area contributed by atoms with Crippen molar-refractivity contribution < 1.29 is 18.3 Å². The van der Waals surface area contributed by atoms with Crippen LogP contribution in [0.2, 0.25) is 0 Å². The molecule has 0 unspecified atom stereocenters. The quantitative estimate of drug-likeness (QED) is 0.618. The number of ketones is 1. The summed E-state index contributed by atoms with van der Waals surface area (Å²) < 4.78 is 29.4. The van der Waals surface area contributed by atoms with E-state index in [-0.39, 0.29) is 17.1 Å². The van der Waals surface area contributed by atoms with E-state index in [4.69, 9.17) is 0 Å². The van der Waals surface area contributed by atoms with Gasteiger partial charge in [0.2, 0.25) is 0 Å². The highest BCUT2D eigenvalue weighted by atomic mass is 127. The van der Waals surface area contributed by atoms with Crippen molar-refractivity contribution in [3.63, 3.8) is 0 Å². The molecule has 88 valence electrons. The minimum Gasteiger partial charge on any atom is -0.434 e. The zero-order valence-corrected chi connectivity index (χ0v) is 11.0. The number of rotatable bonds is 4. The highest BCUT2D eigenvalue weighted by Gasteiger charge is 2.15. The monoisotopic (exact) mass is 340 g/mol. The van der Waals surface area contributed by atoms with Gasteiger partial charge in [-0.05, 0) is 53.6 Å². The van der Waals surface area contributed by atoms with Crippen LogP contribution < -0.4 is 4.74 Å². The van der Waals surface area contributed by atoms with Gasteiger partial charge in [-0.25, -0.2) is 0 Å². The second kappa shape index (κ2) is 5.56. The van der Waals surface area contributed by atoms with Crippen molar-refractivity contribution in [2.45, 2.75) is 26.9 Å². The van der Waals surface area contributed by atoms with Crippen molar-refractivity contribution in [3.8, 4) is 5.75 Å². The molecule has 16 heavy (non-hydrogen) atoms. The summed E-state index contributed by atoms with van der Waals surface area (Å²) in [5, 5.41) is 0. The molecule has 0 aromatic heterocycles. The molecule has 0 N–H and O–H groups in total. The Kier molecular flexibility index (Phi) is 4.64. The van der Waals surface area contributed by atoms with Gasteiger partial charge < -0.3 is 4.74 Å². The van der Waals surface area contributed by atoms with Gasteiger partial charge in [0.1, 0.15) is 5.75 Å². The van der Waals surface area contributed by atoms with Crippen molar-refractivity contribution in [2.24, 2.45) is 0 Å². The van der Waals surface area contributed by atoms with E-state index in [1.807, 2.05) is 29.5 Å². The third-order valence-corrected chi connectivity index (χ3v) is 3.13. The number of ether oxygens (including phenoxy) is 1. The molecule has 0 atom stereocenters. The normalized spacial score (nSPS) is 10.6. The molecule has 0 fully saturated rings. The Morgan fingerprint density at radius 1 is 1.50 bits per heavy atom. The molecule has 1 rings (SSSR count). The predicted octanol–water partition coefficient (Wildman–Crippen LogP) is 3.66. The largest absolute Gasteiger partial charge is 0.434 e. The van der Waals surface area contributed by atoms with Crippen LogP contribution in [0.1, 0.15) is 29.8 Å². The smallest absolute Gasteiger partial charge is 0.387 e. The van der Waals surface area contributed by atoms with Gasteiger partial charge in [0.05, 0.1) is 5.56 Å². The lowest BCUT2D eigenvalue weighted by Gasteiger charge is -2.11. The molecule has 5 heteroatoms. The average Bonchev–Trinajstić information content (AvgIpc) is 2.16. The molecule has 0 bridgehead atoms. The summed E-state index contributed by atoms with van der Waals surface area (Å²) >= 11 is 2.04. The molecule has 0 amide bonds. The molecule has 1 aromatic carbocycles. The Labute approximate surface area is 106 Å². The molecule has 0 saturated carbocycles. The number of hydrogen-bond donors (Lipinski definition) is 0. The number of carbonyl (C=O) groups excluding carboxylic acids is 1. The molecule has 0 saturated heterocycles. The van der Waals surface area contributed by atoms with Crippen LogP contribution in [0.25, 0.3) is 0 Å². The molecule has 0 aliphatic rings. The highest BCUT2D eigenvalue weighted by molar-refractivity contribution is 14.1. The Hall–Kier alpha value is -0.720. The van der Waals surface area contributed by atoms with E-state index >= 15 is 0 Å². The zero-order chi connectivity index (χ0) is 12.3. The molecule has 0 spiro atoms. The molecule has 0 radical (unpaired) electrons. The van der Waals surface area contributed by atoms with Gasteiger partial charge in [0.25, 0.3) is 0 Å². The number of hydrogen-bond acceptors (Lipinski definition) is 2. The Morgan fingerprint density at radius 3 is 2.56 bits per heavy atom. The van der Waals surface area contributed by atoms with E-state index in [1.54, 1.807) is 6.07 Å². The lowest BCUT2D eigenvalue weighted by atomic mass is 10.1. The number of aryl methyl sites for hydroxylation is 1. The minimum atomic E-state index is -2.92. The second-order valence-electron chi connectivity index (χ2n) is 3.23. The maximum atomic E-state index is 12.1. The standard InChI is InChI=1S/C11H11F2IO2/c1-3-7-4-8(6(2)15)10(5-9(7)14)16-11(12)13/h4-5,11H,3H2,1-2H3. The highest BCUT2D eigenvalue weighted by Crippen LogP contribution is 2.27. The number of alkyl halides is 2. The van der Waals surface area contributed by atoms with E-state index in [2.05, 4.69) is 4.74 Å². The number of carbonyl (C=O) groups is 1. The Morgan fingerprint density at radius 2 is 2.12 bits per heavy atom. The molecule has 0 aliphatic heterocycles. The number of benzene rings is 1. The first kappa shape index (κ1) is 13.3. The van der Waals surface area contributed by atoms with Crippen LogP contribution in [0.5, 0.6) is 5.75 Å². The van der Waals surface area contributed by atoms with Crippen LogP contribution in [0.3, 0.4) is 0 Å². The SMILES string of the molecule is CCc1cc(C(C)=O)c(OC(F)F)cc1I. The van der Waals surface area contributed by atoms with Crippen molar-refractivity contribution in [1.82, 2.24) is 0 Å². The summed E-state index contributed by atoms with van der Waals surface area (Å²) in [6.07, 6.45) is 0.744. The Bertz CT molecular complexity index is 405. The topological polar surface area (TPSA) is 26.3 Å². The third-order valence-electron chi connectivity index (χ3n) is 2.12. The van der Waals surface area contributed by atoms with Gasteiger partial charge in [-0.1, -0.05) is 6.92 Å². The van der Waals surface area contributed by atoms with Crippen LogP contribution >= 0.6 is 22.6 Å². The van der Waals surface area contributed by atoms with E-state index in [9.17, 15) is 13.6 Å². The lowest BCUT2D eigenvalue weighted by molar-refractivity contribution is -0.0501. The van der Waals surface area contributed by atoms with Crippen LogP contribution in [0.4, 0.5) is 8.78 Å². The van der Waals surface area contributed by atoms with Gasteiger partial charge in [-0.3, -0.25) is 4.79 Å². The first-order valence-electron chi connectivity index (χ1n) is 4.73. The molecular weight excluding hydrogens is 329 g/mol. The molecule has 0 heterocycles. The lowest BCUT2D eigenvalue weighted by Crippen LogP contribution is -2.08. The second-order valence-corrected chi connectivity index (χ2v) is 4.39. The van der Waals surface area contributed by atoms with E-state index < -0.39 is 6.61 Å². The average molecular weight is 340 g/mol.